The molecule has 1 unspecified atom stereocenters. The van der Waals surface area contributed by atoms with E-state index in [9.17, 15) is 13.5 Å². The smallest absolute Gasteiger partial charge is 0.240 e. The molecule has 0 radical (unpaired) electrons. The van der Waals surface area contributed by atoms with Gasteiger partial charge in [-0.15, -0.1) is 0 Å². The van der Waals surface area contributed by atoms with Gasteiger partial charge in [-0.05, 0) is 56.8 Å². The molecule has 3 heterocycles. The first-order valence-corrected chi connectivity index (χ1v) is 16.1. The summed E-state index contributed by atoms with van der Waals surface area (Å²) in [6, 6.07) is 6.39. The molecule has 222 valence electrons. The van der Waals surface area contributed by atoms with Gasteiger partial charge < -0.3 is 24.8 Å². The molecule has 0 bridgehead atoms. The van der Waals surface area contributed by atoms with Crippen LogP contribution in [0.2, 0.25) is 0 Å². The summed E-state index contributed by atoms with van der Waals surface area (Å²) in [6.07, 6.45) is 13.4. The summed E-state index contributed by atoms with van der Waals surface area (Å²) in [5.41, 5.74) is 1.07. The van der Waals surface area contributed by atoms with Crippen molar-refractivity contribution >= 4 is 16.0 Å². The van der Waals surface area contributed by atoms with Gasteiger partial charge in [0.05, 0.1) is 17.1 Å². The summed E-state index contributed by atoms with van der Waals surface area (Å²) in [7, 11) is -2.19. The van der Waals surface area contributed by atoms with Crippen LogP contribution >= 0.6 is 0 Å². The number of nitrogens with one attached hydrogen (secondary N) is 2. The molecular formula is C29H45N5O5S. The number of anilines is 1. The molecule has 0 aliphatic carbocycles. The lowest BCUT2D eigenvalue weighted by Gasteiger charge is -2.38. The molecule has 1 aromatic carbocycles. The maximum Gasteiger partial charge on any atom is 0.240 e. The molecule has 2 aromatic rings. The Morgan fingerprint density at radius 1 is 1.18 bits per heavy atom. The number of benzene rings is 1. The van der Waals surface area contributed by atoms with Gasteiger partial charge in [-0.2, -0.15) is 0 Å². The predicted octanol–water partition coefficient (Wildman–Crippen LogP) is 3.06. The van der Waals surface area contributed by atoms with E-state index in [1.807, 2.05) is 12.4 Å². The number of aromatic nitrogens is 2. The number of aliphatic hydroxyl groups excluding tert-OH is 1. The summed E-state index contributed by atoms with van der Waals surface area (Å²) in [5.74, 6) is 1.20. The van der Waals surface area contributed by atoms with Crippen LogP contribution in [0, 0.1) is 0 Å². The Balaban J connectivity index is 1.15. The van der Waals surface area contributed by atoms with Crippen LogP contribution in [-0.2, 0) is 21.2 Å². The molecule has 40 heavy (non-hydrogen) atoms. The number of unbranched alkanes of at least 4 members (excludes halogenated alkanes) is 4. The van der Waals surface area contributed by atoms with Crippen molar-refractivity contribution in [2.45, 2.75) is 87.4 Å². The topological polar surface area (TPSA) is 126 Å². The third kappa shape index (κ3) is 8.59. The maximum absolute atomic E-state index is 12.0. The van der Waals surface area contributed by atoms with Crippen LogP contribution in [0.3, 0.4) is 0 Å². The highest BCUT2D eigenvalue weighted by molar-refractivity contribution is 7.89. The molecule has 0 amide bonds. The third-order valence-corrected chi connectivity index (χ3v) is 9.31. The molecule has 1 spiro atoms. The molecule has 2 atom stereocenters. The number of aliphatic hydroxyl groups is 1. The van der Waals surface area contributed by atoms with Crippen LogP contribution in [0.4, 0.5) is 5.95 Å². The lowest BCUT2D eigenvalue weighted by Crippen LogP contribution is -2.45. The van der Waals surface area contributed by atoms with Crippen LogP contribution in [-0.4, -0.2) is 81.1 Å². The highest BCUT2D eigenvalue weighted by Gasteiger charge is 2.43. The van der Waals surface area contributed by atoms with Gasteiger partial charge in [0.15, 0.2) is 0 Å². The quantitative estimate of drug-likeness (QED) is 0.275. The van der Waals surface area contributed by atoms with Gasteiger partial charge in [-0.1, -0.05) is 38.7 Å². The lowest BCUT2D eigenvalue weighted by molar-refractivity contribution is -0.0152. The fourth-order valence-corrected chi connectivity index (χ4v) is 6.18. The molecule has 2 saturated heterocycles. The molecule has 11 heteroatoms. The first kappa shape index (κ1) is 30.6. The second-order valence-electron chi connectivity index (χ2n) is 11.0. The summed E-state index contributed by atoms with van der Waals surface area (Å²) >= 11 is 0. The minimum Gasteiger partial charge on any atom is -0.491 e. The minimum atomic E-state index is -3.55. The van der Waals surface area contributed by atoms with Crippen molar-refractivity contribution in [2.75, 3.05) is 44.8 Å². The second-order valence-corrected chi connectivity index (χ2v) is 12.9. The van der Waals surface area contributed by atoms with Crippen LogP contribution < -0.4 is 19.7 Å². The van der Waals surface area contributed by atoms with Crippen molar-refractivity contribution in [3.8, 4) is 5.75 Å². The summed E-state index contributed by atoms with van der Waals surface area (Å²) in [4.78, 5) is 11.7. The van der Waals surface area contributed by atoms with E-state index in [1.54, 1.807) is 12.1 Å². The SMILES string of the molecule is CCCCCCCc1cnc(N2CCC3(CC2)CC(NC[C@H](O)COc2cccc(S(=O)(=O)NC)c2)CO3)nc1. The first-order valence-electron chi connectivity index (χ1n) is 14.6. The third-order valence-electron chi connectivity index (χ3n) is 7.90. The summed E-state index contributed by atoms with van der Waals surface area (Å²) in [6.45, 7) is 5.00. The predicted molar refractivity (Wildman–Crippen MR) is 155 cm³/mol. The number of nitrogens with zero attached hydrogens (tertiary/aromatic N) is 3. The van der Waals surface area contributed by atoms with Crippen LogP contribution in [0.25, 0.3) is 0 Å². The molecule has 0 saturated carbocycles. The minimum absolute atomic E-state index is 0.0569. The van der Waals surface area contributed by atoms with E-state index in [4.69, 9.17) is 9.47 Å². The molecule has 1 aromatic heterocycles. The molecular weight excluding hydrogens is 530 g/mol. The van der Waals surface area contributed by atoms with Gasteiger partial charge in [-0.25, -0.2) is 23.1 Å². The van der Waals surface area contributed by atoms with E-state index in [-0.39, 0.29) is 23.1 Å². The van der Waals surface area contributed by atoms with Crippen molar-refractivity contribution in [3.63, 3.8) is 0 Å². The largest absolute Gasteiger partial charge is 0.491 e. The Kier molecular flexibility index (Phi) is 11.1. The average Bonchev–Trinajstić information content (AvgIpc) is 3.38. The molecule has 10 nitrogen and oxygen atoms in total. The van der Waals surface area contributed by atoms with E-state index >= 15 is 0 Å². The van der Waals surface area contributed by atoms with Crippen molar-refractivity contribution in [2.24, 2.45) is 0 Å². The zero-order valence-corrected chi connectivity index (χ0v) is 24.7. The Morgan fingerprint density at radius 2 is 1.93 bits per heavy atom. The fourth-order valence-electron chi connectivity index (χ4n) is 5.41. The zero-order valence-electron chi connectivity index (χ0n) is 23.8. The fraction of sp³-hybridized carbons (Fsp3) is 0.655. The molecule has 2 aliphatic heterocycles. The van der Waals surface area contributed by atoms with Gasteiger partial charge in [-0.3, -0.25) is 0 Å². The average molecular weight is 576 g/mol. The van der Waals surface area contributed by atoms with Crippen LogP contribution in [0.5, 0.6) is 5.75 Å². The molecule has 3 N–H and O–H groups in total. The second kappa shape index (κ2) is 14.5. The maximum atomic E-state index is 12.0. The van der Waals surface area contributed by atoms with Gasteiger partial charge >= 0.3 is 0 Å². The Bertz CT molecular complexity index is 1160. The van der Waals surface area contributed by atoms with Crippen LogP contribution in [0.15, 0.2) is 41.6 Å². The number of hydrogen-bond donors (Lipinski definition) is 3. The van der Waals surface area contributed by atoms with Crippen molar-refractivity contribution in [1.82, 2.24) is 20.0 Å². The lowest BCUT2D eigenvalue weighted by atomic mass is 9.87. The van der Waals surface area contributed by atoms with Gasteiger partial charge in [0.1, 0.15) is 18.5 Å². The van der Waals surface area contributed by atoms with Crippen molar-refractivity contribution in [1.29, 1.82) is 0 Å². The standard InChI is InChI=1S/C29H45N5O5S/c1-3-4-5-6-7-9-23-18-32-28(33-19-23)34-14-12-29(13-15-34)17-24(21-39-29)31-20-25(35)22-38-26-10-8-11-27(16-26)40(36,37)30-2/h8,10-11,16,18-19,24-25,30-31,35H,3-7,9,12-15,17,20-22H2,1-2H3/t24?,25-/m0/s1. The Hall–Kier alpha value is -2.31. The van der Waals surface area contributed by atoms with E-state index in [0.29, 0.717) is 18.9 Å². The zero-order chi connectivity index (χ0) is 28.4. The number of rotatable bonds is 15. The molecule has 4 rings (SSSR count). The number of sulfonamides is 1. The molecule has 2 aliphatic rings. The van der Waals surface area contributed by atoms with Crippen LogP contribution in [0.1, 0.15) is 63.9 Å². The Labute approximate surface area is 238 Å². The summed E-state index contributed by atoms with van der Waals surface area (Å²) < 4.78 is 38.2. The van der Waals surface area contributed by atoms with E-state index in [1.165, 1.54) is 56.8 Å². The van der Waals surface area contributed by atoms with Gasteiger partial charge in [0.2, 0.25) is 16.0 Å². The number of aryl methyl sites for hydroxylation is 1. The molecule has 2 fully saturated rings. The first-order chi connectivity index (χ1) is 19.3. The van der Waals surface area contributed by atoms with Gasteiger partial charge in [0, 0.05) is 44.1 Å². The van der Waals surface area contributed by atoms with Crippen molar-refractivity contribution in [3.05, 3.63) is 42.2 Å². The van der Waals surface area contributed by atoms with E-state index in [2.05, 4.69) is 31.8 Å². The number of piperidine rings is 1. The Morgan fingerprint density at radius 3 is 2.65 bits per heavy atom. The van der Waals surface area contributed by atoms with E-state index in [0.717, 1.165) is 44.7 Å². The summed E-state index contributed by atoms with van der Waals surface area (Å²) in [5, 5.41) is 13.8. The van der Waals surface area contributed by atoms with Gasteiger partial charge in [0.25, 0.3) is 0 Å². The van der Waals surface area contributed by atoms with Crippen molar-refractivity contribution < 1.29 is 23.0 Å². The monoisotopic (exact) mass is 575 g/mol. The number of ether oxygens (including phenoxy) is 2. The normalized spacial score (nSPS) is 19.7. The number of hydrogen-bond acceptors (Lipinski definition) is 9. The highest BCUT2D eigenvalue weighted by Crippen LogP contribution is 2.36. The highest BCUT2D eigenvalue weighted by atomic mass is 32.2. The van der Waals surface area contributed by atoms with E-state index < -0.39 is 16.1 Å².